The number of benzene rings is 5. The number of para-hydroxylation sites is 1. The SMILES string of the molecule is C[IH]I.Nc1c(N=Nc2cc(Nc3nc(F)nc(Nc4ccccc4SOO[O-])n3)ccc2S(=O)(=O)[O-])cc(S(=O)(=O)[O-])c(N)c1N=Nc1ccc(C(=O)Nc2ccc(S(=O)(=O)CCOSOO[O-])cc2)cc1.[Na+].[Na+].[Na+].[Na+].[U]. The first-order valence-corrected chi connectivity index (χ1v) is 34.1. The summed E-state index contributed by atoms with van der Waals surface area (Å²) in [7, 11) is -14.5. The zero-order valence-electron chi connectivity index (χ0n) is 40.7. The Bertz CT molecular complexity index is 3350. The summed E-state index contributed by atoms with van der Waals surface area (Å²) in [6, 6.07) is 20.0. The second-order valence-corrected chi connectivity index (χ2v) is 26.1. The van der Waals surface area contributed by atoms with Crippen molar-refractivity contribution in [1.82, 2.24) is 15.0 Å². The third-order valence-electron chi connectivity index (χ3n) is 8.64. The van der Waals surface area contributed by atoms with E-state index in [0.29, 0.717) is 40.2 Å². The molecule has 0 atom stereocenters. The summed E-state index contributed by atoms with van der Waals surface area (Å²) in [6.07, 6.45) is -1.29. The number of nitrogens with two attached hydrogens (primary N) is 2. The van der Waals surface area contributed by atoms with Gasteiger partial charge in [-0.1, -0.05) is 12.1 Å². The Morgan fingerprint density at radius 1 is 0.731 bits per heavy atom. The van der Waals surface area contributed by atoms with E-state index in [4.69, 9.17) is 15.7 Å². The smallest absolute Gasteiger partial charge is 0.744 e. The van der Waals surface area contributed by atoms with Gasteiger partial charge in [0, 0.05) is 48.1 Å². The summed E-state index contributed by atoms with van der Waals surface area (Å²) >= 11 is 3.54. The normalized spacial score (nSPS) is 11.2. The molecule has 1 amide bonds. The molecule has 28 nitrogen and oxygen atoms in total. The van der Waals surface area contributed by atoms with E-state index in [1.54, 1.807) is 12.1 Å². The second-order valence-electron chi connectivity index (χ2n) is 13.3. The minimum Gasteiger partial charge on any atom is -0.744 e. The van der Waals surface area contributed by atoms with E-state index in [0.717, 1.165) is 18.2 Å². The Hall–Kier alpha value is -0.388. The second kappa shape index (κ2) is 37.8. The summed E-state index contributed by atoms with van der Waals surface area (Å²) in [5.41, 5.74) is 9.50. The number of hydrogen-bond donors (Lipinski definition) is 5. The number of alkyl halides is 1. The van der Waals surface area contributed by atoms with E-state index < -0.39 is 92.0 Å². The minimum atomic E-state index is -5.39. The Labute approximate surface area is 584 Å². The average molecular weight is 1660 g/mol. The molecule has 1 heterocycles. The number of halogens is 3. The molecule has 41 heteroatoms. The predicted molar refractivity (Wildman–Crippen MR) is 271 cm³/mol. The van der Waals surface area contributed by atoms with Crippen LogP contribution in [0.5, 0.6) is 0 Å². The first-order valence-electron chi connectivity index (χ1n) is 19.1. The van der Waals surface area contributed by atoms with Crippen molar-refractivity contribution in [3.8, 4) is 0 Å². The number of sulfone groups is 1. The molecule has 0 fully saturated rings. The van der Waals surface area contributed by atoms with Gasteiger partial charge in [0.05, 0.1) is 66.7 Å². The molecular weight excluding hydrogens is 1630 g/mol. The number of rotatable bonds is 22. The maximum Gasteiger partial charge on any atom is 1.00 e. The molecule has 0 spiro atoms. The number of aromatic nitrogens is 3. The van der Waals surface area contributed by atoms with Crippen LogP contribution in [0.25, 0.3) is 0 Å². The van der Waals surface area contributed by atoms with Crippen LogP contribution >= 0.6 is 60.2 Å². The zero-order valence-corrected chi connectivity index (χ0v) is 61.4. The van der Waals surface area contributed by atoms with Gasteiger partial charge in [0.15, 0.2) is 22.2 Å². The number of nitrogens with zero attached hydrogens (tertiary/aromatic N) is 7. The van der Waals surface area contributed by atoms with Crippen LogP contribution in [0, 0.1) is 37.2 Å². The Morgan fingerprint density at radius 3 is 1.91 bits per heavy atom. The molecule has 0 unspecified atom stereocenters. The largest absolute Gasteiger partial charge is 1.00 e. The van der Waals surface area contributed by atoms with Gasteiger partial charge in [-0.3, -0.25) is 19.1 Å². The molecule has 394 valence electrons. The average Bonchev–Trinajstić information content (AvgIpc) is 3.33. The van der Waals surface area contributed by atoms with E-state index in [-0.39, 0.29) is 207 Å². The third-order valence-corrected chi connectivity index (χ3v) is 13.1. The Morgan fingerprint density at radius 2 is 1.31 bits per heavy atom. The van der Waals surface area contributed by atoms with Crippen molar-refractivity contribution in [3.63, 3.8) is 0 Å². The van der Waals surface area contributed by atoms with Gasteiger partial charge >= 0.3 is 165 Å². The van der Waals surface area contributed by atoms with Crippen molar-refractivity contribution < 1.29 is 226 Å². The molecule has 7 N–H and O–H groups in total. The molecule has 0 radical (unpaired) electrons. The molecule has 0 saturated heterocycles. The van der Waals surface area contributed by atoms with Gasteiger partial charge in [-0.25, -0.2) is 25.3 Å². The predicted octanol–water partition coefficient (Wildman–Crippen LogP) is -5.95. The van der Waals surface area contributed by atoms with E-state index in [9.17, 15) is 54.1 Å². The molecule has 0 aliphatic heterocycles. The van der Waals surface area contributed by atoms with Crippen molar-refractivity contribution in [3.05, 3.63) is 109 Å². The molecule has 6 aromatic rings. The topological polar surface area (TPSA) is 434 Å². The number of carbonyl (C=O) groups excluding carboxylic acids is 1. The summed E-state index contributed by atoms with van der Waals surface area (Å²) in [5.74, 6) is -1.91. The van der Waals surface area contributed by atoms with Crippen molar-refractivity contribution in [2.45, 2.75) is 19.6 Å². The van der Waals surface area contributed by atoms with Crippen LogP contribution in [0.3, 0.4) is 0 Å². The number of nitrogen functional groups attached to an aromatic ring is 2. The first kappa shape index (κ1) is 77.6. The third kappa shape index (κ3) is 24.3. The van der Waals surface area contributed by atoms with Crippen LogP contribution in [0.15, 0.2) is 137 Å². The standard InChI is InChI=1S/C36H31FN12O16S5.CH4I2.4Na.U/c37-34-43-35(45-36(44-34)42-24-3-1-2-4-27(24)66-64-62-51)41-22-11-14-28(69(55,56)57)25(17-22)47-48-26-18-29(70(58,59)60)31(39)32(30(26)38)49-46-21-7-5-19(6-8-21)33(50)40-20-9-12-23(13-10-20)68(53,54)16-15-61-67-65-63-52;1-3-2;;;;;/h1-14,17-18,51-52H,15-16,38-39H2,(H,40,50)(H,55,56,57)(H,58,59,60)(H2,41,42,43,44,45);3H,1H3;;;;;/q;;4*+1;/p-4. The fourth-order valence-corrected chi connectivity index (χ4v) is 8.58. The monoisotopic (exact) mass is 1660 g/mol. The van der Waals surface area contributed by atoms with Gasteiger partial charge in [-0.2, -0.15) is 28.8 Å². The molecule has 0 saturated carbocycles. The molecule has 78 heavy (non-hydrogen) atoms. The van der Waals surface area contributed by atoms with Crippen LogP contribution in [-0.4, -0.2) is 72.5 Å². The zero-order chi connectivity index (χ0) is 53.3. The first-order chi connectivity index (χ1) is 34.7. The van der Waals surface area contributed by atoms with Gasteiger partial charge in [0.2, 0.25) is 11.9 Å². The van der Waals surface area contributed by atoms with Gasteiger partial charge in [-0.15, -0.1) is 19.7 Å². The van der Waals surface area contributed by atoms with Crippen LogP contribution in [0.4, 0.5) is 67.5 Å². The number of anilines is 7. The van der Waals surface area contributed by atoms with Crippen molar-refractivity contribution >= 4 is 159 Å². The Balaban J connectivity index is 0.00000724. The summed E-state index contributed by atoms with van der Waals surface area (Å²) in [4.78, 5) is 24.5. The number of nitrogens with one attached hydrogen (secondary N) is 3. The van der Waals surface area contributed by atoms with Crippen molar-refractivity contribution in [2.24, 2.45) is 20.5 Å². The van der Waals surface area contributed by atoms with Crippen LogP contribution in [0.2, 0.25) is 0 Å². The molecule has 5 aromatic carbocycles. The molecule has 6 rings (SSSR count). The minimum absolute atomic E-state index is 0. The van der Waals surface area contributed by atoms with Crippen LogP contribution in [0.1, 0.15) is 10.4 Å². The van der Waals surface area contributed by atoms with Gasteiger partial charge in [0.25, 0.3) is 5.91 Å². The quantitative estimate of drug-likeness (QED) is 0.00404. The number of carbonyl (C=O) groups is 1. The number of hydrogen-bond acceptors (Lipinski definition) is 29. The van der Waals surface area contributed by atoms with Crippen LogP contribution < -0.4 is 156 Å². The fourth-order valence-electron chi connectivity index (χ4n) is 5.52. The summed E-state index contributed by atoms with van der Waals surface area (Å²) < 4.78 is 126. The molecular formula is C37H31FI2N12Na4O16S5U. The van der Waals surface area contributed by atoms with Crippen molar-refractivity contribution in [2.75, 3.05) is 44.7 Å². The maximum atomic E-state index is 14.6. The van der Waals surface area contributed by atoms with Gasteiger partial charge in [-0.05, 0) is 84.9 Å². The summed E-state index contributed by atoms with van der Waals surface area (Å²) in [6.45, 7) is -0.332. The van der Waals surface area contributed by atoms with Crippen molar-refractivity contribution in [1.29, 1.82) is 0 Å². The van der Waals surface area contributed by atoms with Crippen LogP contribution in [-0.2, 0) is 53.0 Å². The van der Waals surface area contributed by atoms with Gasteiger partial charge in [0.1, 0.15) is 37.3 Å². The molecule has 0 bridgehead atoms. The van der Waals surface area contributed by atoms with E-state index >= 15 is 0 Å². The fraction of sp³-hybridized carbons (Fsp3) is 0.0811. The van der Waals surface area contributed by atoms with E-state index in [2.05, 4.69) is 93.6 Å². The number of amides is 1. The maximum absolute atomic E-state index is 14.6. The molecule has 0 aliphatic carbocycles. The van der Waals surface area contributed by atoms with Gasteiger partial charge < -0.3 is 47.0 Å². The molecule has 0 aliphatic rings. The molecule has 1 aromatic heterocycles. The van der Waals surface area contributed by atoms with E-state index in [1.165, 1.54) is 60.7 Å². The number of azo groups is 2. The summed E-state index contributed by atoms with van der Waals surface area (Å²) in [5, 5.41) is 49.8. The Kier molecular flexibility index (Phi) is 37.6. The van der Waals surface area contributed by atoms with E-state index in [1.807, 2.05) is 0 Å².